The van der Waals surface area contributed by atoms with Crippen LogP contribution in [0.4, 0.5) is 0 Å². The second kappa shape index (κ2) is 5.72. The van der Waals surface area contributed by atoms with Crippen molar-refractivity contribution in [3.05, 3.63) is 29.6 Å². The average molecular weight is 261 g/mol. The van der Waals surface area contributed by atoms with Crippen LogP contribution in [0.3, 0.4) is 0 Å². The number of aryl methyl sites for hydroxylation is 1. The number of nitrogens with zero attached hydrogens (tertiary/aromatic N) is 1. The number of carboxylic acid groups (broad SMARTS) is 1. The maximum Gasteiger partial charge on any atom is 0.309 e. The van der Waals surface area contributed by atoms with Crippen molar-refractivity contribution in [1.82, 2.24) is 4.98 Å². The zero-order valence-electron chi connectivity index (χ0n) is 11.9. The molecule has 0 atom stereocenters. The molecule has 1 saturated carbocycles. The van der Waals surface area contributed by atoms with Crippen LogP contribution in [0.15, 0.2) is 18.5 Å². The van der Waals surface area contributed by atoms with E-state index in [4.69, 9.17) is 0 Å². The van der Waals surface area contributed by atoms with E-state index in [1.165, 1.54) is 6.42 Å². The monoisotopic (exact) mass is 261 g/mol. The molecule has 3 heteroatoms. The normalized spacial score (nSPS) is 27.2. The molecular formula is C16H23NO2. The topological polar surface area (TPSA) is 50.2 Å². The molecule has 0 aromatic carbocycles. The number of hydrogen-bond acceptors (Lipinski definition) is 2. The smallest absolute Gasteiger partial charge is 0.309 e. The molecule has 19 heavy (non-hydrogen) atoms. The van der Waals surface area contributed by atoms with Crippen molar-refractivity contribution in [3.63, 3.8) is 0 Å². The Morgan fingerprint density at radius 1 is 1.42 bits per heavy atom. The van der Waals surface area contributed by atoms with Gasteiger partial charge in [0.15, 0.2) is 0 Å². The molecule has 2 rings (SSSR count). The molecule has 104 valence electrons. The Bertz CT molecular complexity index is 448. The molecule has 0 unspecified atom stereocenters. The first-order valence-electron chi connectivity index (χ1n) is 7.19. The summed E-state index contributed by atoms with van der Waals surface area (Å²) in [6, 6.07) is 2.06. The van der Waals surface area contributed by atoms with E-state index in [1.807, 2.05) is 19.3 Å². The molecule has 0 bridgehead atoms. The first-order chi connectivity index (χ1) is 9.05. The molecule has 1 N–H and O–H groups in total. The SMILES string of the molecule is CCC1CCC(Cc2cncc(C)c2)(C(=O)O)CC1. The van der Waals surface area contributed by atoms with E-state index >= 15 is 0 Å². The van der Waals surface area contributed by atoms with E-state index in [2.05, 4.69) is 18.0 Å². The Balaban J connectivity index is 2.15. The second-order valence-corrected chi connectivity index (χ2v) is 5.98. The molecule has 0 aliphatic heterocycles. The van der Waals surface area contributed by atoms with Gasteiger partial charge in [-0.15, -0.1) is 0 Å². The lowest BCUT2D eigenvalue weighted by Crippen LogP contribution is -2.37. The number of aliphatic carboxylic acids is 1. The molecule has 1 heterocycles. The molecule has 0 spiro atoms. The molecule has 0 amide bonds. The van der Waals surface area contributed by atoms with E-state index in [-0.39, 0.29) is 0 Å². The summed E-state index contributed by atoms with van der Waals surface area (Å²) in [5.41, 5.74) is 1.58. The van der Waals surface area contributed by atoms with E-state index in [0.717, 1.165) is 36.8 Å². The van der Waals surface area contributed by atoms with Crippen LogP contribution in [-0.4, -0.2) is 16.1 Å². The summed E-state index contributed by atoms with van der Waals surface area (Å²) < 4.78 is 0. The predicted octanol–water partition coefficient (Wildman–Crippen LogP) is 3.60. The zero-order chi connectivity index (χ0) is 13.9. The number of rotatable bonds is 4. The van der Waals surface area contributed by atoms with Gasteiger partial charge in [0.2, 0.25) is 0 Å². The van der Waals surface area contributed by atoms with Crippen LogP contribution in [-0.2, 0) is 11.2 Å². The van der Waals surface area contributed by atoms with Crippen molar-refractivity contribution in [3.8, 4) is 0 Å². The van der Waals surface area contributed by atoms with Gasteiger partial charge in [0.1, 0.15) is 0 Å². The van der Waals surface area contributed by atoms with Crippen molar-refractivity contribution in [2.45, 2.75) is 52.4 Å². The summed E-state index contributed by atoms with van der Waals surface area (Å²) in [6.07, 6.45) is 9.09. The lowest BCUT2D eigenvalue weighted by Gasteiger charge is -2.36. The van der Waals surface area contributed by atoms with Gasteiger partial charge in [0, 0.05) is 12.4 Å². The summed E-state index contributed by atoms with van der Waals surface area (Å²) in [4.78, 5) is 15.9. The highest BCUT2D eigenvalue weighted by atomic mass is 16.4. The summed E-state index contributed by atoms with van der Waals surface area (Å²) in [7, 11) is 0. The van der Waals surface area contributed by atoms with Gasteiger partial charge in [-0.3, -0.25) is 9.78 Å². The first kappa shape index (κ1) is 14.0. The third kappa shape index (κ3) is 3.14. The van der Waals surface area contributed by atoms with Crippen molar-refractivity contribution >= 4 is 5.97 Å². The third-order valence-corrected chi connectivity index (χ3v) is 4.57. The van der Waals surface area contributed by atoms with Gasteiger partial charge < -0.3 is 5.11 Å². The summed E-state index contributed by atoms with van der Waals surface area (Å²) in [6.45, 7) is 4.20. The van der Waals surface area contributed by atoms with Crippen LogP contribution < -0.4 is 0 Å². The molecule has 0 saturated heterocycles. The van der Waals surface area contributed by atoms with E-state index in [1.54, 1.807) is 0 Å². The summed E-state index contributed by atoms with van der Waals surface area (Å²) in [5, 5.41) is 9.66. The fourth-order valence-corrected chi connectivity index (χ4v) is 3.21. The Morgan fingerprint density at radius 3 is 2.63 bits per heavy atom. The number of hydrogen-bond donors (Lipinski definition) is 1. The highest BCUT2D eigenvalue weighted by Crippen LogP contribution is 2.42. The quantitative estimate of drug-likeness (QED) is 0.900. The highest BCUT2D eigenvalue weighted by Gasteiger charge is 2.41. The van der Waals surface area contributed by atoms with Crippen molar-refractivity contribution in [1.29, 1.82) is 0 Å². The molecular weight excluding hydrogens is 238 g/mol. The van der Waals surface area contributed by atoms with Crippen LogP contribution in [0, 0.1) is 18.3 Å². The molecule has 1 aliphatic rings. The van der Waals surface area contributed by atoms with E-state index in [9.17, 15) is 9.90 Å². The fraction of sp³-hybridized carbons (Fsp3) is 0.625. The van der Waals surface area contributed by atoms with E-state index in [0.29, 0.717) is 12.3 Å². The Labute approximate surface area is 115 Å². The minimum Gasteiger partial charge on any atom is -0.481 e. The van der Waals surface area contributed by atoms with Crippen LogP contribution in [0.25, 0.3) is 0 Å². The van der Waals surface area contributed by atoms with Crippen molar-refractivity contribution in [2.75, 3.05) is 0 Å². The Hall–Kier alpha value is -1.38. The summed E-state index contributed by atoms with van der Waals surface area (Å²) in [5.74, 6) is 0.0756. The maximum absolute atomic E-state index is 11.7. The molecule has 0 radical (unpaired) electrons. The molecule has 1 aromatic heterocycles. The minimum atomic E-state index is -0.636. The molecule has 1 aromatic rings. The Kier molecular flexibility index (Phi) is 4.23. The van der Waals surface area contributed by atoms with Crippen LogP contribution in [0.1, 0.15) is 50.2 Å². The molecule has 1 aliphatic carbocycles. The van der Waals surface area contributed by atoms with Crippen molar-refractivity contribution in [2.24, 2.45) is 11.3 Å². The minimum absolute atomic E-state index is 0.568. The number of carboxylic acids is 1. The average Bonchev–Trinajstić information content (AvgIpc) is 2.39. The lowest BCUT2D eigenvalue weighted by atomic mass is 9.67. The van der Waals surface area contributed by atoms with Gasteiger partial charge in [-0.25, -0.2) is 0 Å². The van der Waals surface area contributed by atoms with Gasteiger partial charge in [0.05, 0.1) is 5.41 Å². The van der Waals surface area contributed by atoms with Crippen LogP contribution in [0.5, 0.6) is 0 Å². The largest absolute Gasteiger partial charge is 0.481 e. The van der Waals surface area contributed by atoms with Gasteiger partial charge in [-0.05, 0) is 56.1 Å². The van der Waals surface area contributed by atoms with Gasteiger partial charge >= 0.3 is 5.97 Å². The number of pyridine rings is 1. The fourth-order valence-electron chi connectivity index (χ4n) is 3.21. The first-order valence-corrected chi connectivity index (χ1v) is 7.19. The van der Waals surface area contributed by atoms with E-state index < -0.39 is 11.4 Å². The lowest BCUT2D eigenvalue weighted by molar-refractivity contribution is -0.151. The van der Waals surface area contributed by atoms with Gasteiger partial charge in [-0.1, -0.05) is 19.4 Å². The van der Waals surface area contributed by atoms with Gasteiger partial charge in [-0.2, -0.15) is 0 Å². The standard InChI is InChI=1S/C16H23NO2/c1-3-13-4-6-16(7-5-13,15(18)19)9-14-8-12(2)10-17-11-14/h8,10-11,13H,3-7,9H2,1-2H3,(H,18,19). The van der Waals surface area contributed by atoms with Gasteiger partial charge in [0.25, 0.3) is 0 Å². The third-order valence-electron chi connectivity index (χ3n) is 4.57. The zero-order valence-corrected chi connectivity index (χ0v) is 11.9. The molecule has 3 nitrogen and oxygen atoms in total. The van der Waals surface area contributed by atoms with Crippen LogP contribution in [0.2, 0.25) is 0 Å². The maximum atomic E-state index is 11.7. The Morgan fingerprint density at radius 2 is 2.11 bits per heavy atom. The summed E-state index contributed by atoms with van der Waals surface area (Å²) >= 11 is 0. The van der Waals surface area contributed by atoms with Crippen molar-refractivity contribution < 1.29 is 9.90 Å². The second-order valence-electron chi connectivity index (χ2n) is 5.98. The number of aromatic nitrogens is 1. The molecule has 1 fully saturated rings. The van der Waals surface area contributed by atoms with Crippen LogP contribution >= 0.6 is 0 Å². The predicted molar refractivity (Wildman–Crippen MR) is 75.0 cm³/mol. The number of carbonyl (C=O) groups is 1. The highest BCUT2D eigenvalue weighted by molar-refractivity contribution is 5.75.